The van der Waals surface area contributed by atoms with Crippen molar-refractivity contribution in [2.45, 2.75) is 51.4 Å². The molecule has 29 heavy (non-hydrogen) atoms. The average Bonchev–Trinajstić information content (AvgIpc) is 3.30. The number of rotatable bonds is 2. The van der Waals surface area contributed by atoms with Gasteiger partial charge in [0.25, 0.3) is 0 Å². The Balaban J connectivity index is 1.94. The molecule has 0 fully saturated rings. The molecule has 2 aliphatic rings. The Hall–Kier alpha value is -2.20. The number of amides is 2. The van der Waals surface area contributed by atoms with Gasteiger partial charge in [0.15, 0.2) is 0 Å². The molecule has 3 rings (SSSR count). The van der Waals surface area contributed by atoms with E-state index in [0.717, 1.165) is 5.01 Å². The number of ether oxygens (including phenoxy) is 1. The van der Waals surface area contributed by atoms with Gasteiger partial charge in [0, 0.05) is 11.1 Å². The first kappa shape index (κ1) is 21.5. The van der Waals surface area contributed by atoms with Crippen LogP contribution in [0.1, 0.15) is 37.9 Å². The number of nitrogens with one attached hydrogen (secondary N) is 2. The molecule has 0 aliphatic carbocycles. The topological polar surface area (TPSA) is 110 Å². The highest BCUT2D eigenvalue weighted by atomic mass is 32.2. The molecule has 0 saturated heterocycles. The van der Waals surface area contributed by atoms with Crippen molar-refractivity contribution < 1.29 is 19.1 Å². The van der Waals surface area contributed by atoms with Crippen LogP contribution in [-0.2, 0) is 25.7 Å². The molecule has 4 bridgehead atoms. The van der Waals surface area contributed by atoms with E-state index in [1.165, 1.54) is 29.2 Å². The highest BCUT2D eigenvalue weighted by molar-refractivity contribution is 8.14. The number of cyclic esters (lactones) is 1. The van der Waals surface area contributed by atoms with Crippen molar-refractivity contribution >= 4 is 45.9 Å². The molecule has 1 aromatic heterocycles. The van der Waals surface area contributed by atoms with Gasteiger partial charge in [-0.2, -0.15) is 0 Å². The summed E-state index contributed by atoms with van der Waals surface area (Å²) in [6.07, 6.45) is 0.571. The Morgan fingerprint density at radius 3 is 2.83 bits per heavy atom. The van der Waals surface area contributed by atoms with Gasteiger partial charge in [-0.3, -0.25) is 14.6 Å². The minimum atomic E-state index is -1.000. The van der Waals surface area contributed by atoms with Gasteiger partial charge in [-0.05, 0) is 12.8 Å². The lowest BCUT2D eigenvalue weighted by atomic mass is 10.0. The molecule has 1 aromatic rings. The maximum absolute atomic E-state index is 13.0. The molecule has 156 valence electrons. The number of aromatic nitrogens is 1. The lowest BCUT2D eigenvalue weighted by Crippen LogP contribution is -2.53. The van der Waals surface area contributed by atoms with Crippen LogP contribution in [0.15, 0.2) is 23.0 Å². The van der Waals surface area contributed by atoms with Gasteiger partial charge in [0.05, 0.1) is 13.0 Å². The summed E-state index contributed by atoms with van der Waals surface area (Å²) in [5.41, 5.74) is -0.308. The van der Waals surface area contributed by atoms with Gasteiger partial charge in [-0.1, -0.05) is 26.5 Å². The van der Waals surface area contributed by atoms with E-state index in [0.29, 0.717) is 16.5 Å². The third-order valence-corrected chi connectivity index (χ3v) is 6.79. The summed E-state index contributed by atoms with van der Waals surface area (Å²) in [7, 11) is 0. The number of thiazole rings is 1. The maximum atomic E-state index is 13.0. The predicted molar refractivity (Wildman–Crippen MR) is 113 cm³/mol. The lowest BCUT2D eigenvalue weighted by Gasteiger charge is -2.27. The summed E-state index contributed by atoms with van der Waals surface area (Å²) < 4.78 is 5.45. The number of nitrogens with zero attached hydrogens (tertiary/aromatic N) is 2. The standard InChI is InChI=1S/C19H24N4O4S2/c1-5-11-6-13(24)20-7-14-21-12(8-28-14)16-23-19(4,9-29-16)18(26)22-15(10(2)3)17(25)27-11/h5,8,10-11,15H,1,6-7,9H2,2-4H3,(H,20,24)(H,22,26)/t11?,15-,19-/m0/s1. The Kier molecular flexibility index (Phi) is 6.42. The number of aliphatic imine (C=N–C) groups is 1. The fourth-order valence-corrected chi connectivity index (χ4v) is 4.78. The molecule has 1 unspecified atom stereocenters. The zero-order valence-electron chi connectivity index (χ0n) is 16.6. The third-order valence-electron chi connectivity index (χ3n) is 4.66. The van der Waals surface area contributed by atoms with Gasteiger partial charge >= 0.3 is 5.97 Å². The first-order valence-electron chi connectivity index (χ1n) is 9.30. The summed E-state index contributed by atoms with van der Waals surface area (Å²) in [5, 5.41) is 8.85. The second-order valence-corrected chi connectivity index (χ2v) is 9.40. The van der Waals surface area contributed by atoms with E-state index < -0.39 is 23.7 Å². The van der Waals surface area contributed by atoms with Crippen LogP contribution < -0.4 is 10.6 Å². The molecule has 0 aromatic carbocycles. The van der Waals surface area contributed by atoms with Crippen LogP contribution >= 0.6 is 23.1 Å². The molecule has 0 radical (unpaired) electrons. The van der Waals surface area contributed by atoms with Crippen LogP contribution in [0.5, 0.6) is 0 Å². The number of esters is 1. The van der Waals surface area contributed by atoms with Crippen LogP contribution in [0.2, 0.25) is 0 Å². The van der Waals surface area contributed by atoms with Gasteiger partial charge in [-0.25, -0.2) is 9.78 Å². The first-order chi connectivity index (χ1) is 13.7. The Labute approximate surface area is 177 Å². The maximum Gasteiger partial charge on any atom is 0.329 e. The molecule has 2 aliphatic heterocycles. The summed E-state index contributed by atoms with van der Waals surface area (Å²) in [4.78, 5) is 47.0. The van der Waals surface area contributed by atoms with Crippen molar-refractivity contribution in [1.29, 1.82) is 0 Å². The number of fused-ring (bicyclic) bond motifs is 4. The molecule has 10 heteroatoms. The fraction of sp³-hybridized carbons (Fsp3) is 0.526. The van der Waals surface area contributed by atoms with Gasteiger partial charge in [0.1, 0.15) is 33.4 Å². The lowest BCUT2D eigenvalue weighted by molar-refractivity contribution is -0.153. The summed E-state index contributed by atoms with van der Waals surface area (Å²) in [6, 6.07) is -0.854. The molecule has 0 spiro atoms. The molecule has 2 amide bonds. The quantitative estimate of drug-likeness (QED) is 0.539. The van der Waals surface area contributed by atoms with E-state index in [2.05, 4.69) is 27.2 Å². The second-order valence-electron chi connectivity index (χ2n) is 7.49. The van der Waals surface area contributed by atoms with E-state index in [9.17, 15) is 14.4 Å². The zero-order valence-corrected chi connectivity index (χ0v) is 18.2. The van der Waals surface area contributed by atoms with Crippen LogP contribution in [0.4, 0.5) is 0 Å². The Morgan fingerprint density at radius 2 is 2.14 bits per heavy atom. The first-order valence-corrected chi connectivity index (χ1v) is 11.2. The van der Waals surface area contributed by atoms with Crippen molar-refractivity contribution in [3.8, 4) is 0 Å². The van der Waals surface area contributed by atoms with Crippen LogP contribution in [0, 0.1) is 5.92 Å². The molecule has 3 atom stereocenters. The SMILES string of the molecule is C=CC1CC(=O)NCc2nc(cs2)C2=N[C@@](C)(CS2)C(=O)N[C@@H](C(C)C)C(=O)O1. The Bertz CT molecular complexity index is 866. The van der Waals surface area contributed by atoms with Gasteiger partial charge in [-0.15, -0.1) is 23.1 Å². The van der Waals surface area contributed by atoms with Crippen molar-refractivity contribution in [1.82, 2.24) is 15.6 Å². The number of hydrogen-bond acceptors (Lipinski definition) is 8. The van der Waals surface area contributed by atoms with E-state index in [1.54, 1.807) is 6.92 Å². The van der Waals surface area contributed by atoms with E-state index in [4.69, 9.17) is 4.74 Å². The number of carbonyl (C=O) groups is 3. The average molecular weight is 437 g/mol. The van der Waals surface area contributed by atoms with Gasteiger partial charge in [0.2, 0.25) is 11.8 Å². The molecule has 0 saturated carbocycles. The molecule has 2 N–H and O–H groups in total. The highest BCUT2D eigenvalue weighted by Gasteiger charge is 2.41. The van der Waals surface area contributed by atoms with E-state index in [1.807, 2.05) is 19.2 Å². The molecule has 8 nitrogen and oxygen atoms in total. The zero-order chi connectivity index (χ0) is 21.2. The summed E-state index contributed by atoms with van der Waals surface area (Å²) in [6.45, 7) is 9.29. The number of carbonyl (C=O) groups excluding carboxylic acids is 3. The van der Waals surface area contributed by atoms with Crippen LogP contribution in [0.25, 0.3) is 0 Å². The summed E-state index contributed by atoms with van der Waals surface area (Å²) >= 11 is 2.87. The van der Waals surface area contributed by atoms with Crippen molar-refractivity contribution in [3.05, 3.63) is 28.7 Å². The van der Waals surface area contributed by atoms with E-state index >= 15 is 0 Å². The molecule has 3 heterocycles. The minimum absolute atomic E-state index is 0.0491. The predicted octanol–water partition coefficient (Wildman–Crippen LogP) is 1.65. The second kappa shape index (κ2) is 8.66. The summed E-state index contributed by atoms with van der Waals surface area (Å²) in [5.74, 6) is -0.971. The van der Waals surface area contributed by atoms with Crippen LogP contribution in [0.3, 0.4) is 0 Å². The normalized spacial score (nSPS) is 28.4. The van der Waals surface area contributed by atoms with Gasteiger partial charge < -0.3 is 15.4 Å². The Morgan fingerprint density at radius 1 is 1.38 bits per heavy atom. The monoisotopic (exact) mass is 436 g/mol. The number of hydrogen-bond donors (Lipinski definition) is 2. The fourth-order valence-electron chi connectivity index (χ4n) is 2.85. The van der Waals surface area contributed by atoms with E-state index in [-0.39, 0.29) is 30.7 Å². The minimum Gasteiger partial charge on any atom is -0.456 e. The number of thioether (sulfide) groups is 1. The largest absolute Gasteiger partial charge is 0.456 e. The third kappa shape index (κ3) is 4.87. The highest BCUT2D eigenvalue weighted by Crippen LogP contribution is 2.32. The molecular formula is C19H24N4O4S2. The van der Waals surface area contributed by atoms with Crippen molar-refractivity contribution in [3.63, 3.8) is 0 Å². The molecular weight excluding hydrogens is 412 g/mol. The smallest absolute Gasteiger partial charge is 0.329 e. The van der Waals surface area contributed by atoms with Crippen LogP contribution in [-0.4, -0.2) is 51.2 Å². The van der Waals surface area contributed by atoms with Crippen molar-refractivity contribution in [2.75, 3.05) is 5.75 Å². The van der Waals surface area contributed by atoms with Crippen molar-refractivity contribution in [2.24, 2.45) is 10.9 Å².